The molecule has 1 aromatic carbocycles. The van der Waals surface area contributed by atoms with Crippen molar-refractivity contribution in [3.63, 3.8) is 0 Å². The van der Waals surface area contributed by atoms with Gasteiger partial charge >= 0.3 is 0 Å². The van der Waals surface area contributed by atoms with Crippen molar-refractivity contribution in [2.75, 3.05) is 10.6 Å². The fourth-order valence-corrected chi connectivity index (χ4v) is 2.08. The minimum atomic E-state index is -0.0817. The number of halogens is 1. The summed E-state index contributed by atoms with van der Waals surface area (Å²) in [6.07, 6.45) is 0. The molecule has 1 aromatic heterocycles. The standard InChI is InChI=1S/C15H16ClN3O/c1-10-13(7-8-15(16)18-10)17-9-12-5-3-4-6-14(12)19-11(2)20/h3-8,17H,9H2,1-2H3,(H,19,20). The number of aromatic nitrogens is 1. The maximum absolute atomic E-state index is 11.2. The Balaban J connectivity index is 2.12. The van der Waals surface area contributed by atoms with Gasteiger partial charge in [-0.2, -0.15) is 0 Å². The van der Waals surface area contributed by atoms with E-state index in [1.165, 1.54) is 6.92 Å². The fraction of sp³-hybridized carbons (Fsp3) is 0.200. The fourth-order valence-electron chi connectivity index (χ4n) is 1.89. The normalized spacial score (nSPS) is 10.2. The van der Waals surface area contributed by atoms with Gasteiger partial charge in [0.05, 0.1) is 11.4 Å². The van der Waals surface area contributed by atoms with Crippen LogP contribution in [0.5, 0.6) is 0 Å². The molecule has 1 amide bonds. The highest BCUT2D eigenvalue weighted by molar-refractivity contribution is 6.29. The highest BCUT2D eigenvalue weighted by atomic mass is 35.5. The van der Waals surface area contributed by atoms with Gasteiger partial charge in [0.1, 0.15) is 5.15 Å². The summed E-state index contributed by atoms with van der Waals surface area (Å²) in [4.78, 5) is 15.4. The van der Waals surface area contributed by atoms with Gasteiger partial charge in [-0.25, -0.2) is 4.98 Å². The van der Waals surface area contributed by atoms with Crippen LogP contribution in [0.2, 0.25) is 5.15 Å². The SMILES string of the molecule is CC(=O)Nc1ccccc1CNc1ccc(Cl)nc1C. The topological polar surface area (TPSA) is 54.0 Å². The van der Waals surface area contributed by atoms with Crippen LogP contribution in [0.1, 0.15) is 18.2 Å². The van der Waals surface area contributed by atoms with Crippen LogP contribution in [-0.2, 0) is 11.3 Å². The first-order valence-corrected chi connectivity index (χ1v) is 6.66. The molecule has 0 saturated heterocycles. The van der Waals surface area contributed by atoms with Gasteiger partial charge in [0.25, 0.3) is 0 Å². The monoisotopic (exact) mass is 289 g/mol. The van der Waals surface area contributed by atoms with Crippen molar-refractivity contribution in [2.45, 2.75) is 20.4 Å². The number of para-hydroxylation sites is 1. The van der Waals surface area contributed by atoms with Gasteiger partial charge in [0.2, 0.25) is 5.91 Å². The number of nitrogens with zero attached hydrogens (tertiary/aromatic N) is 1. The third-order valence-corrected chi connectivity index (χ3v) is 3.06. The minimum absolute atomic E-state index is 0.0817. The number of rotatable bonds is 4. The third kappa shape index (κ3) is 3.71. The molecule has 4 nitrogen and oxygen atoms in total. The van der Waals surface area contributed by atoms with Crippen LogP contribution in [0.25, 0.3) is 0 Å². The molecule has 104 valence electrons. The molecule has 0 atom stereocenters. The molecule has 0 aliphatic carbocycles. The molecule has 2 rings (SSSR count). The van der Waals surface area contributed by atoms with E-state index in [0.717, 1.165) is 22.6 Å². The quantitative estimate of drug-likeness (QED) is 0.845. The van der Waals surface area contributed by atoms with Crippen molar-refractivity contribution in [1.29, 1.82) is 0 Å². The zero-order chi connectivity index (χ0) is 14.5. The molecule has 2 aromatic rings. The van der Waals surface area contributed by atoms with Crippen LogP contribution in [0.4, 0.5) is 11.4 Å². The number of carbonyl (C=O) groups is 1. The van der Waals surface area contributed by atoms with E-state index in [9.17, 15) is 4.79 Å². The second-order valence-corrected chi connectivity index (χ2v) is 4.85. The lowest BCUT2D eigenvalue weighted by atomic mass is 10.1. The molecule has 0 saturated carbocycles. The molecular weight excluding hydrogens is 274 g/mol. The predicted octanol–water partition coefficient (Wildman–Crippen LogP) is 3.61. The maximum atomic E-state index is 11.2. The van der Waals surface area contributed by atoms with E-state index < -0.39 is 0 Å². The summed E-state index contributed by atoms with van der Waals surface area (Å²) in [6, 6.07) is 11.3. The number of pyridine rings is 1. The van der Waals surface area contributed by atoms with E-state index in [-0.39, 0.29) is 5.91 Å². The lowest BCUT2D eigenvalue weighted by molar-refractivity contribution is -0.114. The zero-order valence-corrected chi connectivity index (χ0v) is 12.2. The molecule has 0 fully saturated rings. The summed E-state index contributed by atoms with van der Waals surface area (Å²) in [5.74, 6) is -0.0817. The molecule has 0 aliphatic rings. The number of hydrogen-bond acceptors (Lipinski definition) is 3. The Labute approximate surface area is 123 Å². The van der Waals surface area contributed by atoms with Gasteiger partial charge in [-0.1, -0.05) is 29.8 Å². The molecule has 1 heterocycles. The maximum Gasteiger partial charge on any atom is 0.221 e. The summed E-state index contributed by atoms with van der Waals surface area (Å²) < 4.78 is 0. The van der Waals surface area contributed by atoms with Gasteiger partial charge in [0.15, 0.2) is 0 Å². The number of anilines is 2. The number of aryl methyl sites for hydroxylation is 1. The Bertz CT molecular complexity index is 628. The van der Waals surface area contributed by atoms with Crippen LogP contribution >= 0.6 is 11.6 Å². The minimum Gasteiger partial charge on any atom is -0.379 e. The summed E-state index contributed by atoms with van der Waals surface area (Å²) >= 11 is 5.83. The molecule has 5 heteroatoms. The first-order valence-electron chi connectivity index (χ1n) is 6.29. The number of hydrogen-bond donors (Lipinski definition) is 2. The van der Waals surface area contributed by atoms with Gasteiger partial charge < -0.3 is 10.6 Å². The van der Waals surface area contributed by atoms with Crippen molar-refractivity contribution >= 4 is 28.9 Å². The first kappa shape index (κ1) is 14.3. The predicted molar refractivity (Wildman–Crippen MR) is 82.1 cm³/mol. The Hall–Kier alpha value is -2.07. The number of nitrogens with one attached hydrogen (secondary N) is 2. The van der Waals surface area contributed by atoms with Crippen molar-refractivity contribution in [2.24, 2.45) is 0 Å². The van der Waals surface area contributed by atoms with Gasteiger partial charge in [-0.05, 0) is 30.7 Å². The number of amides is 1. The first-order chi connectivity index (χ1) is 9.56. The molecule has 0 aliphatic heterocycles. The Morgan fingerprint density at radius 2 is 1.95 bits per heavy atom. The van der Waals surface area contributed by atoms with Crippen LogP contribution in [-0.4, -0.2) is 10.9 Å². The molecule has 0 unspecified atom stereocenters. The highest BCUT2D eigenvalue weighted by Crippen LogP contribution is 2.19. The molecule has 0 bridgehead atoms. The smallest absolute Gasteiger partial charge is 0.221 e. The summed E-state index contributed by atoms with van der Waals surface area (Å²) in [7, 11) is 0. The molecule has 0 radical (unpaired) electrons. The van der Waals surface area contributed by atoms with E-state index in [4.69, 9.17) is 11.6 Å². The number of carbonyl (C=O) groups excluding carboxylic acids is 1. The summed E-state index contributed by atoms with van der Waals surface area (Å²) in [6.45, 7) is 3.99. The largest absolute Gasteiger partial charge is 0.379 e. The second-order valence-electron chi connectivity index (χ2n) is 4.46. The zero-order valence-electron chi connectivity index (χ0n) is 11.4. The van der Waals surface area contributed by atoms with Crippen LogP contribution < -0.4 is 10.6 Å². The second kappa shape index (κ2) is 6.39. The Morgan fingerprint density at radius 3 is 2.65 bits per heavy atom. The van der Waals surface area contributed by atoms with Crippen LogP contribution in [0.15, 0.2) is 36.4 Å². The van der Waals surface area contributed by atoms with Gasteiger partial charge in [-0.3, -0.25) is 4.79 Å². The van der Waals surface area contributed by atoms with E-state index in [1.807, 2.05) is 37.3 Å². The van der Waals surface area contributed by atoms with Gasteiger partial charge in [0, 0.05) is 19.2 Å². The van der Waals surface area contributed by atoms with E-state index >= 15 is 0 Å². The third-order valence-electron chi connectivity index (χ3n) is 2.85. The van der Waals surface area contributed by atoms with Crippen LogP contribution in [0.3, 0.4) is 0 Å². The summed E-state index contributed by atoms with van der Waals surface area (Å²) in [5, 5.41) is 6.59. The lowest BCUT2D eigenvalue weighted by Crippen LogP contribution is -2.10. The highest BCUT2D eigenvalue weighted by Gasteiger charge is 2.05. The van der Waals surface area contributed by atoms with E-state index in [0.29, 0.717) is 11.7 Å². The summed E-state index contributed by atoms with van der Waals surface area (Å²) in [5.41, 5.74) is 3.59. The number of benzene rings is 1. The van der Waals surface area contributed by atoms with Crippen molar-refractivity contribution < 1.29 is 4.79 Å². The van der Waals surface area contributed by atoms with Crippen molar-refractivity contribution in [1.82, 2.24) is 4.98 Å². The molecule has 20 heavy (non-hydrogen) atoms. The molecular formula is C15H16ClN3O. The van der Waals surface area contributed by atoms with Crippen molar-refractivity contribution in [3.8, 4) is 0 Å². The van der Waals surface area contributed by atoms with Crippen molar-refractivity contribution in [3.05, 3.63) is 52.8 Å². The Kier molecular flexibility index (Phi) is 4.58. The lowest BCUT2D eigenvalue weighted by Gasteiger charge is -2.13. The molecule has 2 N–H and O–H groups in total. The Morgan fingerprint density at radius 1 is 1.20 bits per heavy atom. The molecule has 0 spiro atoms. The van der Waals surface area contributed by atoms with E-state index in [1.54, 1.807) is 6.07 Å². The van der Waals surface area contributed by atoms with Gasteiger partial charge in [-0.15, -0.1) is 0 Å². The average molecular weight is 290 g/mol. The van der Waals surface area contributed by atoms with E-state index in [2.05, 4.69) is 15.6 Å². The van der Waals surface area contributed by atoms with Crippen LogP contribution in [0, 0.1) is 6.92 Å². The average Bonchev–Trinajstić information content (AvgIpc) is 2.39.